The number of likely N-dealkylation sites (N-methyl/N-ethyl adjacent to an activating group) is 1. The van der Waals surface area contributed by atoms with E-state index in [4.69, 9.17) is 9.47 Å². The summed E-state index contributed by atoms with van der Waals surface area (Å²) in [6, 6.07) is -0.240. The molecule has 1 aliphatic rings. The molecule has 1 N–H and O–H groups in total. The van der Waals surface area contributed by atoms with Gasteiger partial charge >= 0.3 is 5.97 Å². The number of carbonyl (C=O) groups is 1. The molecule has 0 radical (unpaired) electrons. The van der Waals surface area contributed by atoms with Crippen LogP contribution in [0.15, 0.2) is 0 Å². The summed E-state index contributed by atoms with van der Waals surface area (Å²) in [5.41, 5.74) is 0. The van der Waals surface area contributed by atoms with Crippen LogP contribution < -0.4 is 5.32 Å². The van der Waals surface area contributed by atoms with E-state index in [1.165, 1.54) is 0 Å². The van der Waals surface area contributed by atoms with E-state index in [-0.39, 0.29) is 18.1 Å². The SMILES string of the molecule is CCNC(CN1CCC(C)C(OC)C1)C(=O)OCC. The van der Waals surface area contributed by atoms with Gasteiger partial charge in [-0.15, -0.1) is 0 Å². The lowest BCUT2D eigenvalue weighted by atomic mass is 9.95. The fraction of sp³-hybridized carbons (Fsp3) is 0.929. The quantitative estimate of drug-likeness (QED) is 0.697. The van der Waals surface area contributed by atoms with Gasteiger partial charge in [0.25, 0.3) is 0 Å². The van der Waals surface area contributed by atoms with E-state index in [0.717, 1.165) is 26.1 Å². The first-order valence-electron chi connectivity index (χ1n) is 7.27. The second kappa shape index (κ2) is 8.51. The van der Waals surface area contributed by atoms with Gasteiger partial charge in [0.05, 0.1) is 12.7 Å². The lowest BCUT2D eigenvalue weighted by Gasteiger charge is -2.37. The molecule has 5 nitrogen and oxygen atoms in total. The van der Waals surface area contributed by atoms with Crippen molar-refractivity contribution in [1.29, 1.82) is 0 Å². The number of hydrogen-bond acceptors (Lipinski definition) is 5. The van der Waals surface area contributed by atoms with Crippen molar-refractivity contribution in [2.45, 2.75) is 39.3 Å². The molecule has 5 heteroatoms. The second-order valence-corrected chi connectivity index (χ2v) is 5.16. The molecule has 19 heavy (non-hydrogen) atoms. The standard InChI is InChI=1S/C14H28N2O3/c1-5-15-12(14(17)19-6-2)9-16-8-7-11(3)13(10-16)18-4/h11-13,15H,5-10H2,1-4H3. The fourth-order valence-electron chi connectivity index (χ4n) is 2.54. The summed E-state index contributed by atoms with van der Waals surface area (Å²) in [4.78, 5) is 14.2. The van der Waals surface area contributed by atoms with E-state index in [2.05, 4.69) is 17.1 Å². The van der Waals surface area contributed by atoms with Gasteiger partial charge in [-0.25, -0.2) is 0 Å². The summed E-state index contributed by atoms with van der Waals surface area (Å²) in [6.07, 6.45) is 1.37. The lowest BCUT2D eigenvalue weighted by Crippen LogP contribution is -2.52. The van der Waals surface area contributed by atoms with Crippen molar-refractivity contribution in [2.75, 3.05) is 39.9 Å². The number of carbonyl (C=O) groups excluding carboxylic acids is 1. The van der Waals surface area contributed by atoms with Gasteiger partial charge in [0.2, 0.25) is 0 Å². The minimum Gasteiger partial charge on any atom is -0.465 e. The molecular weight excluding hydrogens is 244 g/mol. The van der Waals surface area contributed by atoms with Gasteiger partial charge in [-0.1, -0.05) is 13.8 Å². The fourth-order valence-corrected chi connectivity index (χ4v) is 2.54. The predicted octanol–water partition coefficient (Wildman–Crippen LogP) is 0.884. The molecule has 1 aliphatic heterocycles. The zero-order chi connectivity index (χ0) is 14.3. The van der Waals surface area contributed by atoms with E-state index in [0.29, 0.717) is 19.1 Å². The van der Waals surface area contributed by atoms with Gasteiger partial charge in [-0.2, -0.15) is 0 Å². The molecule has 1 heterocycles. The van der Waals surface area contributed by atoms with E-state index < -0.39 is 0 Å². The molecule has 1 fully saturated rings. The van der Waals surface area contributed by atoms with Crippen molar-refractivity contribution < 1.29 is 14.3 Å². The Morgan fingerprint density at radius 3 is 2.79 bits per heavy atom. The normalized spacial score (nSPS) is 26.1. The third-order valence-electron chi connectivity index (χ3n) is 3.74. The summed E-state index contributed by atoms with van der Waals surface area (Å²) in [5, 5.41) is 3.20. The van der Waals surface area contributed by atoms with Gasteiger partial charge < -0.3 is 14.8 Å². The molecule has 0 amide bonds. The van der Waals surface area contributed by atoms with Crippen molar-refractivity contribution in [3.8, 4) is 0 Å². The number of rotatable bonds is 7. The Labute approximate surface area is 116 Å². The van der Waals surface area contributed by atoms with Crippen molar-refractivity contribution in [3.63, 3.8) is 0 Å². The van der Waals surface area contributed by atoms with Crippen LogP contribution in [0.2, 0.25) is 0 Å². The zero-order valence-electron chi connectivity index (χ0n) is 12.6. The Bertz CT molecular complexity index is 273. The Kier molecular flexibility index (Phi) is 7.34. The number of methoxy groups -OCH3 is 1. The summed E-state index contributed by atoms with van der Waals surface area (Å²) in [5.74, 6) is 0.429. The van der Waals surface area contributed by atoms with Crippen LogP contribution in [0.3, 0.4) is 0 Å². The molecule has 3 atom stereocenters. The Balaban J connectivity index is 2.51. The van der Waals surface area contributed by atoms with Crippen molar-refractivity contribution in [1.82, 2.24) is 10.2 Å². The average molecular weight is 272 g/mol. The highest BCUT2D eigenvalue weighted by molar-refractivity contribution is 5.76. The van der Waals surface area contributed by atoms with Gasteiger partial charge in [-0.3, -0.25) is 9.69 Å². The van der Waals surface area contributed by atoms with Crippen LogP contribution in [0.5, 0.6) is 0 Å². The van der Waals surface area contributed by atoms with Crippen LogP contribution >= 0.6 is 0 Å². The van der Waals surface area contributed by atoms with Gasteiger partial charge in [-0.05, 0) is 32.4 Å². The number of piperidine rings is 1. The van der Waals surface area contributed by atoms with E-state index >= 15 is 0 Å². The predicted molar refractivity (Wildman–Crippen MR) is 75.1 cm³/mol. The van der Waals surface area contributed by atoms with Crippen molar-refractivity contribution >= 4 is 5.97 Å². The van der Waals surface area contributed by atoms with Crippen LogP contribution in [0.4, 0.5) is 0 Å². The van der Waals surface area contributed by atoms with Crippen LogP contribution in [0.25, 0.3) is 0 Å². The number of esters is 1. The molecule has 0 spiro atoms. The summed E-state index contributed by atoms with van der Waals surface area (Å²) in [7, 11) is 1.76. The first-order chi connectivity index (χ1) is 9.12. The summed E-state index contributed by atoms with van der Waals surface area (Å²) < 4.78 is 10.6. The highest BCUT2D eigenvalue weighted by Crippen LogP contribution is 2.19. The molecule has 1 saturated heterocycles. The van der Waals surface area contributed by atoms with Gasteiger partial charge in [0.1, 0.15) is 6.04 Å². The summed E-state index contributed by atoms with van der Waals surface area (Å²) in [6.45, 7) is 9.85. The maximum atomic E-state index is 11.9. The largest absolute Gasteiger partial charge is 0.465 e. The Morgan fingerprint density at radius 2 is 2.21 bits per heavy atom. The highest BCUT2D eigenvalue weighted by Gasteiger charge is 2.29. The minimum absolute atomic E-state index is 0.156. The van der Waals surface area contributed by atoms with Crippen molar-refractivity contribution in [3.05, 3.63) is 0 Å². The molecule has 0 aromatic carbocycles. The topological polar surface area (TPSA) is 50.8 Å². The molecule has 0 bridgehead atoms. The first kappa shape index (κ1) is 16.4. The van der Waals surface area contributed by atoms with Crippen LogP contribution in [-0.2, 0) is 14.3 Å². The highest BCUT2D eigenvalue weighted by atomic mass is 16.5. The average Bonchev–Trinajstić information content (AvgIpc) is 2.40. The van der Waals surface area contributed by atoms with Crippen LogP contribution in [0, 0.1) is 5.92 Å². The molecule has 112 valence electrons. The molecule has 0 aromatic heterocycles. The lowest BCUT2D eigenvalue weighted by molar-refractivity contribution is -0.146. The Morgan fingerprint density at radius 1 is 1.47 bits per heavy atom. The third-order valence-corrected chi connectivity index (χ3v) is 3.74. The molecule has 0 aromatic rings. The second-order valence-electron chi connectivity index (χ2n) is 5.16. The first-order valence-corrected chi connectivity index (χ1v) is 7.27. The van der Waals surface area contributed by atoms with Gasteiger partial charge in [0, 0.05) is 20.2 Å². The Hall–Kier alpha value is -0.650. The third kappa shape index (κ3) is 5.09. The number of nitrogens with zero attached hydrogens (tertiary/aromatic N) is 1. The molecular formula is C14H28N2O3. The van der Waals surface area contributed by atoms with Crippen LogP contribution in [0.1, 0.15) is 27.2 Å². The molecule has 0 saturated carbocycles. The minimum atomic E-state index is -0.240. The number of hydrogen-bond donors (Lipinski definition) is 1. The number of likely N-dealkylation sites (tertiary alicyclic amines) is 1. The molecule has 0 aliphatic carbocycles. The number of ether oxygens (including phenoxy) is 2. The zero-order valence-corrected chi connectivity index (χ0v) is 12.6. The smallest absolute Gasteiger partial charge is 0.324 e. The van der Waals surface area contributed by atoms with Gasteiger partial charge in [0.15, 0.2) is 0 Å². The van der Waals surface area contributed by atoms with E-state index in [1.807, 2.05) is 13.8 Å². The maximum Gasteiger partial charge on any atom is 0.324 e. The van der Waals surface area contributed by atoms with Crippen LogP contribution in [-0.4, -0.2) is 62.9 Å². The van der Waals surface area contributed by atoms with Crippen molar-refractivity contribution in [2.24, 2.45) is 5.92 Å². The number of nitrogens with one attached hydrogen (secondary N) is 1. The summed E-state index contributed by atoms with van der Waals surface area (Å²) >= 11 is 0. The van der Waals surface area contributed by atoms with E-state index in [9.17, 15) is 4.79 Å². The monoisotopic (exact) mass is 272 g/mol. The maximum absolute atomic E-state index is 11.9. The molecule has 3 unspecified atom stereocenters. The van der Waals surface area contributed by atoms with E-state index in [1.54, 1.807) is 7.11 Å². The molecule has 1 rings (SSSR count).